The van der Waals surface area contributed by atoms with Crippen LogP contribution in [0.4, 0.5) is 4.79 Å². The van der Waals surface area contributed by atoms with Crippen molar-refractivity contribution in [1.29, 1.82) is 0 Å². The zero-order valence-corrected chi connectivity index (χ0v) is 12.2. The molecule has 0 radical (unpaired) electrons. The van der Waals surface area contributed by atoms with Crippen molar-refractivity contribution in [2.24, 2.45) is 20.9 Å². The number of fused-ring (bicyclic) bond motifs is 1. The van der Waals surface area contributed by atoms with E-state index >= 15 is 0 Å². The van der Waals surface area contributed by atoms with Gasteiger partial charge in [0.25, 0.3) is 0 Å². The molecule has 1 aromatic rings. The Morgan fingerprint density at radius 3 is 2.68 bits per heavy atom. The van der Waals surface area contributed by atoms with Crippen molar-refractivity contribution in [2.45, 2.75) is 13.8 Å². The molecule has 0 atom stereocenters. The molecule has 1 aromatic carbocycles. The Bertz CT molecular complexity index is 747. The summed E-state index contributed by atoms with van der Waals surface area (Å²) < 4.78 is 5.74. The maximum Gasteiger partial charge on any atom is 0.347 e. The van der Waals surface area contributed by atoms with Gasteiger partial charge in [-0.25, -0.2) is 9.79 Å². The molecule has 0 spiro atoms. The maximum absolute atomic E-state index is 12.0. The number of urea groups is 1. The Morgan fingerprint density at radius 1 is 1.14 bits per heavy atom. The van der Waals surface area contributed by atoms with E-state index in [-0.39, 0.29) is 17.4 Å². The van der Waals surface area contributed by atoms with Crippen LogP contribution in [0.25, 0.3) is 0 Å². The Balaban J connectivity index is 1.96. The van der Waals surface area contributed by atoms with Crippen LogP contribution in [-0.4, -0.2) is 35.9 Å². The molecule has 0 aromatic heterocycles. The second kappa shape index (κ2) is 5.51. The van der Waals surface area contributed by atoms with E-state index in [2.05, 4.69) is 20.3 Å². The van der Waals surface area contributed by atoms with E-state index in [0.29, 0.717) is 23.8 Å². The number of ether oxygens (including phenoxy) is 1. The first-order chi connectivity index (χ1) is 10.5. The number of benzene rings is 1. The number of hydrogen-bond donors (Lipinski definition) is 1. The molecule has 0 unspecified atom stereocenters. The minimum absolute atomic E-state index is 0.0469. The number of amides is 3. The summed E-state index contributed by atoms with van der Waals surface area (Å²) in [5.41, 5.74) is 0.554. The van der Waals surface area contributed by atoms with Gasteiger partial charge in [0.2, 0.25) is 0 Å². The van der Waals surface area contributed by atoms with Gasteiger partial charge in [0.1, 0.15) is 5.75 Å². The number of amidine groups is 2. The first-order valence-electron chi connectivity index (χ1n) is 6.88. The lowest BCUT2D eigenvalue weighted by Crippen LogP contribution is -2.34. The normalized spacial score (nSPS) is 16.8. The monoisotopic (exact) mass is 298 g/mol. The van der Waals surface area contributed by atoms with Crippen LogP contribution in [0.2, 0.25) is 0 Å². The lowest BCUT2D eigenvalue weighted by molar-refractivity contribution is -0.111. The highest BCUT2D eigenvalue weighted by atomic mass is 16.5. The highest BCUT2D eigenvalue weighted by Gasteiger charge is 2.32. The molecule has 0 saturated carbocycles. The van der Waals surface area contributed by atoms with Crippen molar-refractivity contribution < 1.29 is 14.3 Å². The van der Waals surface area contributed by atoms with E-state index in [4.69, 9.17) is 4.74 Å². The molecule has 3 amide bonds. The summed E-state index contributed by atoms with van der Waals surface area (Å²) in [6, 6.07) is 6.60. The molecular weight excluding hydrogens is 284 g/mol. The Labute approximate surface area is 126 Å². The average Bonchev–Trinajstić information content (AvgIpc) is 2.86. The van der Waals surface area contributed by atoms with Crippen LogP contribution in [0.1, 0.15) is 19.4 Å². The number of para-hydroxylation sites is 1. The van der Waals surface area contributed by atoms with Gasteiger partial charge >= 0.3 is 11.9 Å². The third kappa shape index (κ3) is 2.65. The minimum Gasteiger partial charge on any atom is -0.493 e. The fourth-order valence-corrected chi connectivity index (χ4v) is 2.01. The van der Waals surface area contributed by atoms with Crippen LogP contribution in [0, 0.1) is 5.92 Å². The Kier molecular flexibility index (Phi) is 3.54. The van der Waals surface area contributed by atoms with Gasteiger partial charge in [-0.15, -0.1) is 0 Å². The summed E-state index contributed by atoms with van der Waals surface area (Å²) >= 11 is 0. The standard InChI is InChI=1S/C15H14N4O3/c1-8(2)7-22-10-6-4-3-5-9(10)12-17-13-11(14(20)18-12)16-15(21)19-13/h3-6,8H,7H2,1-2H3,(H,17,18,19,20,21). The fourth-order valence-electron chi connectivity index (χ4n) is 2.01. The molecule has 0 bridgehead atoms. The number of aliphatic imine (C=N–C) groups is 3. The van der Waals surface area contributed by atoms with Crippen LogP contribution in [0.15, 0.2) is 39.2 Å². The molecule has 1 N–H and O–H groups in total. The van der Waals surface area contributed by atoms with Gasteiger partial charge in [-0.2, -0.15) is 9.98 Å². The summed E-state index contributed by atoms with van der Waals surface area (Å²) in [6.45, 7) is 4.63. The average molecular weight is 298 g/mol. The van der Waals surface area contributed by atoms with Crippen LogP contribution in [-0.2, 0) is 4.79 Å². The summed E-state index contributed by atoms with van der Waals surface area (Å²) in [7, 11) is 0. The molecule has 112 valence electrons. The topological polar surface area (TPSA) is 92.5 Å². The third-order valence-corrected chi connectivity index (χ3v) is 2.99. The van der Waals surface area contributed by atoms with E-state index < -0.39 is 11.9 Å². The fraction of sp³-hybridized carbons (Fsp3) is 0.267. The van der Waals surface area contributed by atoms with Gasteiger partial charge in [0.05, 0.1) is 12.2 Å². The SMILES string of the molecule is CC(C)COc1ccccc1C1=NC(=O)C2=NC(=O)NC2=N1. The smallest absolute Gasteiger partial charge is 0.347 e. The number of carbonyl (C=O) groups is 2. The van der Waals surface area contributed by atoms with Crippen LogP contribution in [0.5, 0.6) is 5.75 Å². The van der Waals surface area contributed by atoms with Crippen LogP contribution < -0.4 is 10.1 Å². The second-order valence-corrected chi connectivity index (χ2v) is 5.29. The van der Waals surface area contributed by atoms with E-state index in [9.17, 15) is 9.59 Å². The molecule has 3 rings (SSSR count). The number of carbonyl (C=O) groups excluding carboxylic acids is 2. The largest absolute Gasteiger partial charge is 0.493 e. The van der Waals surface area contributed by atoms with E-state index in [1.54, 1.807) is 12.1 Å². The van der Waals surface area contributed by atoms with Gasteiger partial charge < -0.3 is 4.74 Å². The summed E-state index contributed by atoms with van der Waals surface area (Å²) in [4.78, 5) is 34.8. The molecular formula is C15H14N4O3. The predicted octanol–water partition coefficient (Wildman–Crippen LogP) is 1.57. The number of rotatable bonds is 4. The van der Waals surface area contributed by atoms with Crippen molar-refractivity contribution in [3.05, 3.63) is 29.8 Å². The lowest BCUT2D eigenvalue weighted by atomic mass is 10.1. The van der Waals surface area contributed by atoms with Gasteiger partial charge in [-0.3, -0.25) is 10.1 Å². The first kappa shape index (κ1) is 14.1. The Morgan fingerprint density at radius 2 is 1.91 bits per heavy atom. The third-order valence-electron chi connectivity index (χ3n) is 2.99. The highest BCUT2D eigenvalue weighted by Crippen LogP contribution is 2.22. The molecule has 7 heteroatoms. The second-order valence-electron chi connectivity index (χ2n) is 5.29. The molecule has 2 aliphatic heterocycles. The number of hydrogen-bond acceptors (Lipinski definition) is 4. The molecule has 2 heterocycles. The number of nitrogens with one attached hydrogen (secondary N) is 1. The van der Waals surface area contributed by atoms with Crippen molar-refractivity contribution >= 4 is 29.3 Å². The van der Waals surface area contributed by atoms with Gasteiger partial charge in [0.15, 0.2) is 17.4 Å². The van der Waals surface area contributed by atoms with Gasteiger partial charge in [0, 0.05) is 0 Å². The Hall–Kier alpha value is -2.83. The molecule has 0 aliphatic carbocycles. The van der Waals surface area contributed by atoms with Crippen molar-refractivity contribution in [3.63, 3.8) is 0 Å². The summed E-state index contributed by atoms with van der Waals surface area (Å²) in [6.07, 6.45) is 0. The van der Waals surface area contributed by atoms with Gasteiger partial charge in [-0.1, -0.05) is 26.0 Å². The van der Waals surface area contributed by atoms with Crippen molar-refractivity contribution in [3.8, 4) is 5.75 Å². The quantitative estimate of drug-likeness (QED) is 0.914. The van der Waals surface area contributed by atoms with Gasteiger partial charge in [-0.05, 0) is 18.1 Å². The molecule has 2 aliphatic rings. The zero-order chi connectivity index (χ0) is 15.7. The summed E-state index contributed by atoms with van der Waals surface area (Å²) in [5, 5.41) is 2.42. The molecule has 7 nitrogen and oxygen atoms in total. The van der Waals surface area contributed by atoms with Crippen LogP contribution >= 0.6 is 0 Å². The lowest BCUT2D eigenvalue weighted by Gasteiger charge is -2.14. The van der Waals surface area contributed by atoms with E-state index in [1.807, 2.05) is 26.0 Å². The highest BCUT2D eigenvalue weighted by molar-refractivity contribution is 6.72. The van der Waals surface area contributed by atoms with Crippen molar-refractivity contribution in [1.82, 2.24) is 5.32 Å². The van der Waals surface area contributed by atoms with E-state index in [1.165, 1.54) is 0 Å². The van der Waals surface area contributed by atoms with E-state index in [0.717, 1.165) is 0 Å². The summed E-state index contributed by atoms with van der Waals surface area (Å²) in [5.74, 6) is 0.718. The predicted molar refractivity (Wildman–Crippen MR) is 81.7 cm³/mol. The number of nitrogens with zero attached hydrogens (tertiary/aromatic N) is 3. The molecule has 0 fully saturated rings. The van der Waals surface area contributed by atoms with Crippen LogP contribution in [0.3, 0.4) is 0 Å². The molecule has 22 heavy (non-hydrogen) atoms. The zero-order valence-electron chi connectivity index (χ0n) is 12.2. The van der Waals surface area contributed by atoms with Crippen molar-refractivity contribution in [2.75, 3.05) is 6.61 Å². The molecule has 0 saturated heterocycles. The maximum atomic E-state index is 12.0. The minimum atomic E-state index is -0.608. The first-order valence-corrected chi connectivity index (χ1v) is 6.88.